The van der Waals surface area contributed by atoms with E-state index in [-0.39, 0.29) is 11.9 Å². The Morgan fingerprint density at radius 1 is 1.35 bits per heavy atom. The Balaban J connectivity index is 2.02. The van der Waals surface area contributed by atoms with E-state index in [0.717, 1.165) is 30.0 Å². The molecule has 0 spiro atoms. The van der Waals surface area contributed by atoms with E-state index in [1.807, 2.05) is 12.1 Å². The number of anilines is 1. The number of nitrogens with two attached hydrogens (primary N) is 1. The maximum atomic E-state index is 11.4. The molecule has 1 unspecified atom stereocenters. The first-order valence-electron chi connectivity index (χ1n) is 5.78. The summed E-state index contributed by atoms with van der Waals surface area (Å²) < 4.78 is 1.97. The number of amides is 1. The van der Waals surface area contributed by atoms with Gasteiger partial charge in [0.2, 0.25) is 5.91 Å². The number of hydrogen-bond acceptors (Lipinski definition) is 3. The van der Waals surface area contributed by atoms with E-state index in [1.54, 1.807) is 17.4 Å². The third-order valence-electron chi connectivity index (χ3n) is 3.15. The van der Waals surface area contributed by atoms with Crippen LogP contribution in [0.3, 0.4) is 0 Å². The molecule has 0 bridgehead atoms. The van der Waals surface area contributed by atoms with Crippen molar-refractivity contribution in [2.75, 3.05) is 5.32 Å². The van der Waals surface area contributed by atoms with Crippen LogP contribution in [0.5, 0.6) is 0 Å². The Kier molecular flexibility index (Phi) is 3.94. The minimum atomic E-state index is -0.309. The van der Waals surface area contributed by atoms with E-state index in [1.165, 1.54) is 0 Å². The highest BCUT2D eigenvalue weighted by Gasteiger charge is 2.23. The summed E-state index contributed by atoms with van der Waals surface area (Å²) >= 11 is 14.8. The van der Waals surface area contributed by atoms with Gasteiger partial charge in [0.1, 0.15) is 0 Å². The maximum absolute atomic E-state index is 11.4. The zero-order valence-electron chi connectivity index (χ0n) is 10.0. The molecule has 0 saturated heterocycles. The number of carbonyl (C=O) groups is 1. The molecule has 20 heavy (non-hydrogen) atoms. The van der Waals surface area contributed by atoms with E-state index in [9.17, 15) is 4.79 Å². The highest BCUT2D eigenvalue weighted by molar-refractivity contribution is 9.13. The molecule has 2 heterocycles. The van der Waals surface area contributed by atoms with Crippen LogP contribution in [0.2, 0.25) is 5.02 Å². The van der Waals surface area contributed by atoms with E-state index >= 15 is 0 Å². The number of rotatable bonds is 2. The van der Waals surface area contributed by atoms with Gasteiger partial charge in [-0.2, -0.15) is 0 Å². The fourth-order valence-electron chi connectivity index (χ4n) is 2.18. The summed E-state index contributed by atoms with van der Waals surface area (Å²) in [5.74, 6) is -0.0107. The van der Waals surface area contributed by atoms with Crippen molar-refractivity contribution in [2.24, 2.45) is 5.73 Å². The van der Waals surface area contributed by atoms with Gasteiger partial charge in [0, 0.05) is 20.1 Å². The molecule has 3 nitrogen and oxygen atoms in total. The van der Waals surface area contributed by atoms with Crippen LogP contribution in [-0.2, 0) is 11.2 Å². The van der Waals surface area contributed by atoms with Crippen LogP contribution in [0.1, 0.15) is 22.0 Å². The molecule has 7 heteroatoms. The topological polar surface area (TPSA) is 55.1 Å². The van der Waals surface area contributed by atoms with Gasteiger partial charge < -0.3 is 11.1 Å². The second-order valence-electron chi connectivity index (χ2n) is 4.50. The molecule has 0 radical (unpaired) electrons. The van der Waals surface area contributed by atoms with E-state index in [2.05, 4.69) is 37.2 Å². The minimum absolute atomic E-state index is 0.0107. The highest BCUT2D eigenvalue weighted by atomic mass is 79.9. The van der Waals surface area contributed by atoms with Gasteiger partial charge in [0.15, 0.2) is 0 Å². The minimum Gasteiger partial charge on any atom is -0.325 e. The predicted molar refractivity (Wildman–Crippen MR) is 89.5 cm³/mol. The van der Waals surface area contributed by atoms with Gasteiger partial charge in [-0.05, 0) is 61.2 Å². The first-order valence-corrected chi connectivity index (χ1v) is 8.56. The Hall–Kier alpha value is -0.400. The summed E-state index contributed by atoms with van der Waals surface area (Å²) in [7, 11) is 0. The second-order valence-corrected chi connectivity index (χ2v) is 8.17. The lowest BCUT2D eigenvalue weighted by molar-refractivity contribution is -0.115. The molecule has 1 aliphatic heterocycles. The van der Waals surface area contributed by atoms with Crippen LogP contribution in [0.25, 0.3) is 0 Å². The third-order valence-corrected chi connectivity index (χ3v) is 6.82. The molecule has 1 amide bonds. The van der Waals surface area contributed by atoms with Crippen LogP contribution in [-0.4, -0.2) is 5.91 Å². The van der Waals surface area contributed by atoms with Crippen molar-refractivity contribution in [3.63, 3.8) is 0 Å². The lowest BCUT2D eigenvalue weighted by Gasteiger charge is -2.13. The maximum Gasteiger partial charge on any atom is 0.228 e. The first kappa shape index (κ1) is 14.5. The van der Waals surface area contributed by atoms with Gasteiger partial charge in [-0.1, -0.05) is 11.6 Å². The fraction of sp³-hybridized carbons (Fsp3) is 0.154. The molecule has 1 aromatic heterocycles. The summed E-state index contributed by atoms with van der Waals surface area (Å²) in [6.07, 6.45) is 0.379. The zero-order valence-corrected chi connectivity index (χ0v) is 14.8. The first-order chi connectivity index (χ1) is 9.45. The van der Waals surface area contributed by atoms with Crippen LogP contribution < -0.4 is 11.1 Å². The van der Waals surface area contributed by atoms with Gasteiger partial charge in [-0.25, -0.2) is 0 Å². The number of fused-ring (bicyclic) bond motifs is 1. The number of carbonyl (C=O) groups excluding carboxylic acids is 1. The van der Waals surface area contributed by atoms with Crippen molar-refractivity contribution >= 4 is 66.4 Å². The van der Waals surface area contributed by atoms with E-state index < -0.39 is 0 Å². The average Bonchev–Trinajstić information content (AvgIpc) is 2.90. The Morgan fingerprint density at radius 3 is 2.75 bits per heavy atom. The molecule has 104 valence electrons. The number of nitrogens with one attached hydrogen (secondary N) is 1. The summed E-state index contributed by atoms with van der Waals surface area (Å²) in [6.45, 7) is 0. The predicted octanol–water partition coefficient (Wildman–Crippen LogP) is 4.47. The van der Waals surface area contributed by atoms with Gasteiger partial charge in [0.25, 0.3) is 0 Å². The Bertz CT molecular complexity index is 697. The molecule has 2 aromatic rings. The van der Waals surface area contributed by atoms with Crippen LogP contribution in [0, 0.1) is 0 Å². The van der Waals surface area contributed by atoms with E-state index in [0.29, 0.717) is 11.4 Å². The monoisotopic (exact) mass is 434 g/mol. The smallest absolute Gasteiger partial charge is 0.228 e. The summed E-state index contributed by atoms with van der Waals surface area (Å²) in [6, 6.07) is 5.36. The van der Waals surface area contributed by atoms with Crippen molar-refractivity contribution in [3.8, 4) is 0 Å². The summed E-state index contributed by atoms with van der Waals surface area (Å²) in [4.78, 5) is 12.4. The number of halogens is 3. The molecule has 0 saturated carbocycles. The van der Waals surface area contributed by atoms with Crippen molar-refractivity contribution < 1.29 is 4.79 Å². The third kappa shape index (κ3) is 2.55. The van der Waals surface area contributed by atoms with Crippen molar-refractivity contribution in [1.29, 1.82) is 0 Å². The number of thiophene rings is 1. The zero-order chi connectivity index (χ0) is 14.4. The van der Waals surface area contributed by atoms with Gasteiger partial charge in [-0.15, -0.1) is 11.3 Å². The molecule has 0 fully saturated rings. The molecular weight excluding hydrogens is 427 g/mol. The molecule has 1 aromatic carbocycles. The lowest BCUT2D eigenvalue weighted by Crippen LogP contribution is -2.11. The van der Waals surface area contributed by atoms with Crippen LogP contribution in [0.15, 0.2) is 26.5 Å². The largest absolute Gasteiger partial charge is 0.325 e. The number of benzene rings is 1. The number of hydrogen-bond donors (Lipinski definition) is 2. The van der Waals surface area contributed by atoms with Gasteiger partial charge in [0.05, 0.1) is 16.2 Å². The Labute approximate surface area is 141 Å². The van der Waals surface area contributed by atoms with Crippen molar-refractivity contribution in [2.45, 2.75) is 12.5 Å². The lowest BCUT2D eigenvalue weighted by atomic mass is 10.0. The molecule has 0 aliphatic carbocycles. The summed E-state index contributed by atoms with van der Waals surface area (Å²) in [5.41, 5.74) is 8.87. The van der Waals surface area contributed by atoms with Gasteiger partial charge >= 0.3 is 0 Å². The normalized spacial score (nSPS) is 15.1. The summed E-state index contributed by atoms with van der Waals surface area (Å²) in [5, 5.41) is 3.35. The average molecular weight is 437 g/mol. The van der Waals surface area contributed by atoms with Crippen molar-refractivity contribution in [3.05, 3.63) is 47.5 Å². The molecule has 1 atom stereocenters. The molecular formula is C13H9Br2ClN2OS. The second kappa shape index (κ2) is 5.42. The standard InChI is InChI=1S/C13H9Br2ClN2OS/c14-7-3-10(20-13(7)15)12(17)6-1-5-2-11(19)18-9(5)4-8(6)16/h1,3-4,12H,2,17H2,(H,18,19). The fourth-order valence-corrected chi connectivity index (χ4v) is 4.57. The molecule has 3 rings (SSSR count). The molecule has 3 N–H and O–H groups in total. The quantitative estimate of drug-likeness (QED) is 0.730. The van der Waals surface area contributed by atoms with E-state index in [4.69, 9.17) is 17.3 Å². The SMILES string of the molecule is NC(c1cc(Br)c(Br)s1)c1cc2c(cc1Cl)NC(=O)C2. The molecule has 1 aliphatic rings. The highest BCUT2D eigenvalue weighted by Crippen LogP contribution is 2.40. The van der Waals surface area contributed by atoms with Crippen molar-refractivity contribution in [1.82, 2.24) is 0 Å². The Morgan fingerprint density at radius 2 is 2.10 bits per heavy atom. The van der Waals surface area contributed by atoms with Crippen LogP contribution >= 0.6 is 54.8 Å². The van der Waals surface area contributed by atoms with Gasteiger partial charge in [-0.3, -0.25) is 4.79 Å². The van der Waals surface area contributed by atoms with Crippen LogP contribution in [0.4, 0.5) is 5.69 Å².